The maximum absolute atomic E-state index is 11.7. The highest BCUT2D eigenvalue weighted by Gasteiger charge is 2.23. The largest absolute Gasteiger partial charge is 0.480 e. The van der Waals surface area contributed by atoms with Gasteiger partial charge in [-0.3, -0.25) is 4.79 Å². The molecule has 1 aromatic rings. The van der Waals surface area contributed by atoms with E-state index in [1.165, 1.54) is 12.5 Å². The van der Waals surface area contributed by atoms with Crippen LogP contribution in [0.5, 0.6) is 0 Å². The van der Waals surface area contributed by atoms with Crippen LogP contribution >= 0.6 is 0 Å². The van der Waals surface area contributed by atoms with E-state index in [4.69, 9.17) is 10.8 Å². The Morgan fingerprint density at radius 3 is 2.83 bits per heavy atom. The average Bonchev–Trinajstić information content (AvgIpc) is 2.81. The molecule has 7 heteroatoms. The summed E-state index contributed by atoms with van der Waals surface area (Å²) in [5, 5.41) is 11.5. The van der Waals surface area contributed by atoms with Crippen molar-refractivity contribution in [3.63, 3.8) is 0 Å². The van der Waals surface area contributed by atoms with Gasteiger partial charge in [0.05, 0.1) is 12.4 Å². The average molecular weight is 254 g/mol. The van der Waals surface area contributed by atoms with E-state index in [2.05, 4.69) is 15.3 Å². The minimum absolute atomic E-state index is 0.153. The lowest BCUT2D eigenvalue weighted by molar-refractivity contribution is -0.142. The minimum atomic E-state index is -1.10. The molecule has 1 rings (SSSR count). The predicted octanol–water partition coefficient (Wildman–Crippen LogP) is -0.351. The number of nitrogens with one attached hydrogen (secondary N) is 2. The maximum Gasteiger partial charge on any atom is 0.326 e. The van der Waals surface area contributed by atoms with Crippen molar-refractivity contribution in [1.82, 2.24) is 15.3 Å². The van der Waals surface area contributed by atoms with Crippen molar-refractivity contribution in [2.24, 2.45) is 5.73 Å². The van der Waals surface area contributed by atoms with Gasteiger partial charge in [0.1, 0.15) is 6.04 Å². The van der Waals surface area contributed by atoms with Crippen molar-refractivity contribution >= 4 is 11.9 Å². The Balaban J connectivity index is 2.58. The normalized spacial score (nSPS) is 13.9. The number of carboxylic acids is 1. The molecule has 0 bridgehead atoms. The number of rotatable bonds is 7. The molecule has 0 spiro atoms. The SMILES string of the molecule is CCCC(N)C(=O)N[C@H](Cc1cnc[nH]1)C(=O)O. The summed E-state index contributed by atoms with van der Waals surface area (Å²) in [5.74, 6) is -1.54. The van der Waals surface area contributed by atoms with Crippen LogP contribution in [0.4, 0.5) is 0 Å². The zero-order valence-corrected chi connectivity index (χ0v) is 10.2. The van der Waals surface area contributed by atoms with Crippen LogP contribution in [0, 0.1) is 0 Å². The van der Waals surface area contributed by atoms with Crippen LogP contribution in [-0.2, 0) is 16.0 Å². The van der Waals surface area contributed by atoms with E-state index in [0.29, 0.717) is 12.1 Å². The van der Waals surface area contributed by atoms with Gasteiger partial charge < -0.3 is 21.1 Å². The Hall–Kier alpha value is -1.89. The van der Waals surface area contributed by atoms with E-state index in [-0.39, 0.29) is 6.42 Å². The van der Waals surface area contributed by atoms with Crippen LogP contribution in [0.25, 0.3) is 0 Å². The standard InChI is InChI=1S/C11H18N4O3/c1-2-3-8(12)10(16)15-9(11(17)18)4-7-5-13-6-14-7/h5-6,8-9H,2-4,12H2,1H3,(H,13,14)(H,15,16)(H,17,18)/t8?,9-/m1/s1. The van der Waals surface area contributed by atoms with Crippen LogP contribution in [0.2, 0.25) is 0 Å². The van der Waals surface area contributed by atoms with Crippen molar-refractivity contribution in [3.8, 4) is 0 Å². The molecule has 2 atom stereocenters. The summed E-state index contributed by atoms with van der Waals surface area (Å²) in [6.07, 6.45) is 4.43. The summed E-state index contributed by atoms with van der Waals surface area (Å²) in [7, 11) is 0. The Morgan fingerprint density at radius 2 is 2.33 bits per heavy atom. The van der Waals surface area contributed by atoms with Gasteiger partial charge in [0.15, 0.2) is 0 Å². The Kier molecular flexibility index (Phi) is 5.31. The lowest BCUT2D eigenvalue weighted by atomic mass is 10.1. The third-order valence-corrected chi connectivity index (χ3v) is 2.53. The summed E-state index contributed by atoms with van der Waals surface area (Å²) in [4.78, 5) is 29.3. The zero-order valence-electron chi connectivity index (χ0n) is 10.2. The van der Waals surface area contributed by atoms with Gasteiger partial charge in [-0.1, -0.05) is 13.3 Å². The van der Waals surface area contributed by atoms with Gasteiger partial charge in [-0.15, -0.1) is 0 Å². The second kappa shape index (κ2) is 6.75. The number of hydrogen-bond donors (Lipinski definition) is 4. The smallest absolute Gasteiger partial charge is 0.326 e. The molecule has 1 aromatic heterocycles. The molecule has 0 aliphatic heterocycles. The molecule has 18 heavy (non-hydrogen) atoms. The van der Waals surface area contributed by atoms with Crippen molar-refractivity contribution in [3.05, 3.63) is 18.2 Å². The summed E-state index contributed by atoms with van der Waals surface area (Å²) < 4.78 is 0. The second-order valence-electron chi connectivity index (χ2n) is 4.08. The Labute approximate surface area is 105 Å². The highest BCUT2D eigenvalue weighted by atomic mass is 16.4. The molecule has 0 saturated carbocycles. The lowest BCUT2D eigenvalue weighted by Crippen LogP contribution is -2.49. The molecule has 0 aliphatic rings. The third kappa shape index (κ3) is 4.17. The first kappa shape index (κ1) is 14.2. The molecule has 7 nitrogen and oxygen atoms in total. The van der Waals surface area contributed by atoms with E-state index in [1.807, 2.05) is 6.92 Å². The molecule has 100 valence electrons. The first-order valence-electron chi connectivity index (χ1n) is 5.80. The quantitative estimate of drug-likeness (QED) is 0.530. The molecule has 1 amide bonds. The molecule has 0 aromatic carbocycles. The van der Waals surface area contributed by atoms with Crippen LogP contribution in [0.1, 0.15) is 25.5 Å². The van der Waals surface area contributed by atoms with Crippen LogP contribution in [0.15, 0.2) is 12.5 Å². The number of imidazole rings is 1. The number of aromatic nitrogens is 2. The minimum Gasteiger partial charge on any atom is -0.480 e. The molecule has 0 radical (unpaired) electrons. The number of carbonyl (C=O) groups excluding carboxylic acids is 1. The fourth-order valence-corrected chi connectivity index (χ4v) is 1.54. The Bertz CT molecular complexity index is 391. The van der Waals surface area contributed by atoms with Crippen molar-refractivity contribution in [1.29, 1.82) is 0 Å². The van der Waals surface area contributed by atoms with Crippen LogP contribution in [-0.4, -0.2) is 39.0 Å². The highest BCUT2D eigenvalue weighted by Crippen LogP contribution is 2.00. The number of H-pyrrole nitrogens is 1. The third-order valence-electron chi connectivity index (χ3n) is 2.53. The topological polar surface area (TPSA) is 121 Å². The molecular weight excluding hydrogens is 236 g/mol. The molecule has 1 unspecified atom stereocenters. The lowest BCUT2D eigenvalue weighted by Gasteiger charge is -2.16. The number of hydrogen-bond acceptors (Lipinski definition) is 4. The first-order chi connectivity index (χ1) is 8.54. The van der Waals surface area contributed by atoms with Crippen molar-refractivity contribution in [2.45, 2.75) is 38.3 Å². The summed E-state index contributed by atoms with van der Waals surface area (Å²) in [6.45, 7) is 1.91. The number of amides is 1. The predicted molar refractivity (Wildman–Crippen MR) is 64.7 cm³/mol. The van der Waals surface area contributed by atoms with Gasteiger partial charge in [-0.25, -0.2) is 9.78 Å². The first-order valence-corrected chi connectivity index (χ1v) is 5.80. The summed E-state index contributed by atoms with van der Waals surface area (Å²) in [5.41, 5.74) is 6.27. The van der Waals surface area contributed by atoms with E-state index in [0.717, 1.165) is 6.42 Å². The molecule has 0 fully saturated rings. The van der Waals surface area contributed by atoms with Gasteiger partial charge in [-0.05, 0) is 6.42 Å². The van der Waals surface area contributed by atoms with Gasteiger partial charge in [0, 0.05) is 18.3 Å². The fraction of sp³-hybridized carbons (Fsp3) is 0.545. The second-order valence-corrected chi connectivity index (χ2v) is 4.08. The number of carboxylic acid groups (broad SMARTS) is 1. The maximum atomic E-state index is 11.7. The van der Waals surface area contributed by atoms with Gasteiger partial charge in [0.25, 0.3) is 0 Å². The zero-order chi connectivity index (χ0) is 13.5. The van der Waals surface area contributed by atoms with Gasteiger partial charge in [0.2, 0.25) is 5.91 Å². The number of aliphatic carboxylic acids is 1. The highest BCUT2D eigenvalue weighted by molar-refractivity contribution is 5.86. The fourth-order valence-electron chi connectivity index (χ4n) is 1.54. The van der Waals surface area contributed by atoms with Crippen LogP contribution in [0.3, 0.4) is 0 Å². The summed E-state index contributed by atoms with van der Waals surface area (Å²) in [6, 6.07) is -1.67. The molecular formula is C11H18N4O3. The molecule has 0 aliphatic carbocycles. The van der Waals surface area contributed by atoms with Gasteiger partial charge >= 0.3 is 5.97 Å². The number of nitrogens with zero attached hydrogens (tertiary/aromatic N) is 1. The van der Waals surface area contributed by atoms with E-state index in [1.54, 1.807) is 0 Å². The monoisotopic (exact) mass is 254 g/mol. The molecule has 1 heterocycles. The van der Waals surface area contributed by atoms with Crippen molar-refractivity contribution < 1.29 is 14.7 Å². The van der Waals surface area contributed by atoms with E-state index >= 15 is 0 Å². The summed E-state index contributed by atoms with van der Waals surface area (Å²) >= 11 is 0. The Morgan fingerprint density at radius 1 is 1.61 bits per heavy atom. The number of aromatic amines is 1. The van der Waals surface area contributed by atoms with Crippen LogP contribution < -0.4 is 11.1 Å². The van der Waals surface area contributed by atoms with E-state index < -0.39 is 24.0 Å². The number of carbonyl (C=O) groups is 2. The van der Waals surface area contributed by atoms with Crippen molar-refractivity contribution in [2.75, 3.05) is 0 Å². The molecule has 5 N–H and O–H groups in total. The molecule has 0 saturated heterocycles. The number of nitrogens with two attached hydrogens (primary N) is 1. The van der Waals surface area contributed by atoms with Gasteiger partial charge in [-0.2, -0.15) is 0 Å². The van der Waals surface area contributed by atoms with E-state index in [9.17, 15) is 9.59 Å².